The summed E-state index contributed by atoms with van der Waals surface area (Å²) < 4.78 is 0. The molecule has 0 amide bonds. The fraction of sp³-hybridized carbons (Fsp3) is 0.0476. The fourth-order valence-corrected chi connectivity index (χ4v) is 3.75. The molecule has 0 saturated heterocycles. The third-order valence-electron chi connectivity index (χ3n) is 4.28. The molecule has 1 heterocycles. The fourth-order valence-electron chi connectivity index (χ4n) is 2.84. The highest BCUT2D eigenvalue weighted by Crippen LogP contribution is 2.33. The molecule has 0 unspecified atom stereocenters. The Labute approximate surface area is 175 Å². The van der Waals surface area contributed by atoms with Crippen molar-refractivity contribution in [2.24, 2.45) is 0 Å². The number of anilines is 1. The molecule has 0 aliphatic heterocycles. The number of aromatic amines is 1. The van der Waals surface area contributed by atoms with Crippen molar-refractivity contribution in [1.82, 2.24) is 0 Å². The first kappa shape index (κ1) is 20.5. The predicted octanol–water partition coefficient (Wildman–Crippen LogP) is 3.38. The molecule has 30 heavy (non-hydrogen) atoms. The van der Waals surface area contributed by atoms with Gasteiger partial charge in [0.15, 0.2) is 10.8 Å². The van der Waals surface area contributed by atoms with E-state index in [0.717, 1.165) is 11.8 Å². The Morgan fingerprint density at radius 3 is 2.27 bits per heavy atom. The van der Waals surface area contributed by atoms with Gasteiger partial charge < -0.3 is 0 Å². The van der Waals surface area contributed by atoms with Gasteiger partial charge in [-0.25, -0.2) is 4.98 Å². The highest BCUT2D eigenvalue weighted by atomic mass is 32.2. The van der Waals surface area contributed by atoms with Gasteiger partial charge in [0.25, 0.3) is 11.5 Å². The molecule has 3 rings (SSSR count). The van der Waals surface area contributed by atoms with Gasteiger partial charge in [-0.05, 0) is 17.7 Å². The third kappa shape index (κ3) is 4.12. The molecule has 0 bridgehead atoms. The highest BCUT2D eigenvalue weighted by molar-refractivity contribution is 7.99. The number of thioether (sulfide) groups is 1. The van der Waals surface area contributed by atoms with Crippen LogP contribution < -0.4 is 10.7 Å². The van der Waals surface area contributed by atoms with E-state index in [9.17, 15) is 25.4 Å². The van der Waals surface area contributed by atoms with Crippen LogP contribution in [0.2, 0.25) is 0 Å². The minimum atomic E-state index is -0.540. The van der Waals surface area contributed by atoms with E-state index < -0.39 is 4.92 Å². The van der Waals surface area contributed by atoms with Gasteiger partial charge in [0, 0.05) is 23.3 Å². The van der Waals surface area contributed by atoms with Gasteiger partial charge in [0.1, 0.15) is 23.3 Å². The maximum Gasteiger partial charge on any atom is 0.289 e. The summed E-state index contributed by atoms with van der Waals surface area (Å²) in [5, 5.41) is 30.4. The van der Waals surface area contributed by atoms with Gasteiger partial charge in [-0.3, -0.25) is 20.6 Å². The van der Waals surface area contributed by atoms with E-state index in [2.05, 4.69) is 11.1 Å². The minimum absolute atomic E-state index is 0.0252. The largest absolute Gasteiger partial charge is 0.293 e. The number of benzene rings is 2. The second kappa shape index (κ2) is 8.86. The van der Waals surface area contributed by atoms with Crippen molar-refractivity contribution in [1.29, 1.82) is 10.5 Å². The maximum absolute atomic E-state index is 12.5. The number of rotatable bonds is 6. The smallest absolute Gasteiger partial charge is 0.289 e. The van der Waals surface area contributed by atoms with Gasteiger partial charge in [0.2, 0.25) is 0 Å². The summed E-state index contributed by atoms with van der Waals surface area (Å²) >= 11 is 1.08. The van der Waals surface area contributed by atoms with Gasteiger partial charge in [0.05, 0.1) is 10.7 Å². The van der Waals surface area contributed by atoms with E-state index >= 15 is 0 Å². The molecule has 8 nitrogen and oxygen atoms in total. The number of carbonyl (C=O) groups is 1. The van der Waals surface area contributed by atoms with Crippen LogP contribution in [0.25, 0.3) is 11.1 Å². The van der Waals surface area contributed by atoms with Crippen molar-refractivity contribution in [3.8, 4) is 23.3 Å². The Hall–Kier alpha value is -4.21. The van der Waals surface area contributed by atoms with Gasteiger partial charge in [-0.1, -0.05) is 42.1 Å². The van der Waals surface area contributed by atoms with Crippen LogP contribution in [0.15, 0.2) is 59.6 Å². The number of nitriles is 2. The Balaban J connectivity index is 1.94. The van der Waals surface area contributed by atoms with E-state index in [-0.39, 0.29) is 34.2 Å². The first-order valence-corrected chi connectivity index (χ1v) is 9.59. The van der Waals surface area contributed by atoms with Crippen LogP contribution in [-0.4, -0.2) is 16.5 Å². The van der Waals surface area contributed by atoms with Crippen LogP contribution in [0.3, 0.4) is 0 Å². The normalized spacial score (nSPS) is 10.1. The summed E-state index contributed by atoms with van der Waals surface area (Å²) in [4.78, 5) is 25.5. The van der Waals surface area contributed by atoms with E-state index in [1.54, 1.807) is 24.3 Å². The zero-order valence-electron chi connectivity index (χ0n) is 15.5. The quantitative estimate of drug-likeness (QED) is 0.280. The molecule has 0 fully saturated rings. The molecule has 3 N–H and O–H groups in total. The SMILES string of the molecule is N#Cc1c(N)[nH+]c(SCC(=O)c2ccc([N+](=O)[O-])cc2)c(C#N)c1-c1ccccc1. The topological polar surface area (TPSA) is 148 Å². The lowest BCUT2D eigenvalue weighted by Crippen LogP contribution is -2.19. The van der Waals surface area contributed by atoms with Crippen molar-refractivity contribution < 1.29 is 14.7 Å². The number of nitro benzene ring substituents is 1. The molecule has 0 aliphatic carbocycles. The number of nitrogens with one attached hydrogen (secondary N) is 1. The number of nitrogen functional groups attached to an aromatic ring is 1. The number of hydrogen-bond donors (Lipinski definition) is 1. The number of hydrogen-bond acceptors (Lipinski definition) is 7. The number of Topliss-reactive ketones (excluding diaryl/α,β-unsaturated/α-hetero) is 1. The average Bonchev–Trinajstić information content (AvgIpc) is 2.77. The van der Waals surface area contributed by atoms with E-state index in [4.69, 9.17) is 5.73 Å². The van der Waals surface area contributed by atoms with Crippen LogP contribution in [0.4, 0.5) is 11.5 Å². The maximum atomic E-state index is 12.5. The molecule has 3 aromatic rings. The molecule has 146 valence electrons. The molecule has 0 atom stereocenters. The van der Waals surface area contributed by atoms with Crippen molar-refractivity contribution in [3.05, 3.63) is 81.4 Å². The standard InChI is InChI=1S/C21H13N5O3S/c22-10-16-19(14-4-2-1-3-5-14)17(11-23)21(25-20(16)24)30-12-18(27)13-6-8-15(9-7-13)26(28)29/h1-9H,12H2,(H2,24,25)/p+1. The van der Waals surface area contributed by atoms with Crippen molar-refractivity contribution >= 4 is 29.1 Å². The Kier molecular flexibility index (Phi) is 6.06. The molecule has 0 saturated carbocycles. The first-order valence-electron chi connectivity index (χ1n) is 8.61. The number of ketones is 1. The van der Waals surface area contributed by atoms with Gasteiger partial charge >= 0.3 is 0 Å². The van der Waals surface area contributed by atoms with Crippen molar-refractivity contribution in [2.45, 2.75) is 5.03 Å². The monoisotopic (exact) mass is 416 g/mol. The molecule has 0 radical (unpaired) electrons. The number of nitro groups is 1. The summed E-state index contributed by atoms with van der Waals surface area (Å²) in [6, 6.07) is 18.4. The summed E-state index contributed by atoms with van der Waals surface area (Å²) in [5.41, 5.74) is 7.66. The molecule has 1 aromatic heterocycles. The molecule has 2 aromatic carbocycles. The second-order valence-corrected chi connectivity index (χ2v) is 7.08. The number of carbonyl (C=O) groups excluding carboxylic acids is 1. The number of nitrogens with zero attached hydrogens (tertiary/aromatic N) is 3. The third-order valence-corrected chi connectivity index (χ3v) is 5.28. The van der Waals surface area contributed by atoms with Crippen molar-refractivity contribution in [3.63, 3.8) is 0 Å². The van der Waals surface area contributed by atoms with Crippen LogP contribution in [-0.2, 0) is 0 Å². The van der Waals surface area contributed by atoms with Gasteiger partial charge in [-0.15, -0.1) is 0 Å². The summed E-state index contributed by atoms with van der Waals surface area (Å²) in [7, 11) is 0. The molecule has 0 aliphatic rings. The Bertz CT molecular complexity index is 1210. The van der Waals surface area contributed by atoms with Crippen LogP contribution >= 0.6 is 11.8 Å². The highest BCUT2D eigenvalue weighted by Gasteiger charge is 2.24. The van der Waals surface area contributed by atoms with Crippen LogP contribution in [0.5, 0.6) is 0 Å². The zero-order valence-corrected chi connectivity index (χ0v) is 16.3. The first-order chi connectivity index (χ1) is 14.5. The summed E-state index contributed by atoms with van der Waals surface area (Å²) in [6.45, 7) is 0. The summed E-state index contributed by atoms with van der Waals surface area (Å²) in [5.74, 6) is -0.195. The second-order valence-electron chi connectivity index (χ2n) is 6.10. The van der Waals surface area contributed by atoms with Crippen molar-refractivity contribution in [2.75, 3.05) is 11.5 Å². The number of aromatic nitrogens is 1. The Morgan fingerprint density at radius 1 is 1.07 bits per heavy atom. The molecule has 0 spiro atoms. The van der Waals surface area contributed by atoms with E-state index in [1.165, 1.54) is 24.3 Å². The molecular weight excluding hydrogens is 402 g/mol. The number of nitrogens with two attached hydrogens (primary N) is 1. The number of pyridine rings is 1. The summed E-state index contributed by atoms with van der Waals surface area (Å²) in [6.07, 6.45) is 0. The zero-order chi connectivity index (χ0) is 21.7. The van der Waals surface area contributed by atoms with E-state index in [1.807, 2.05) is 12.1 Å². The molecular formula is C21H14N5O3S+. The number of H-pyrrole nitrogens is 1. The van der Waals surface area contributed by atoms with Crippen LogP contribution in [0, 0.1) is 32.8 Å². The Morgan fingerprint density at radius 2 is 1.70 bits per heavy atom. The van der Waals surface area contributed by atoms with Crippen LogP contribution in [0.1, 0.15) is 21.5 Å². The lowest BCUT2D eigenvalue weighted by atomic mass is 9.97. The lowest BCUT2D eigenvalue weighted by Gasteiger charge is -2.10. The average molecular weight is 416 g/mol. The van der Waals surface area contributed by atoms with E-state index in [0.29, 0.717) is 21.7 Å². The minimum Gasteiger partial charge on any atom is -0.293 e. The molecule has 9 heteroatoms. The van der Waals surface area contributed by atoms with Gasteiger partial charge in [-0.2, -0.15) is 10.5 Å². The predicted molar refractivity (Wildman–Crippen MR) is 110 cm³/mol. The number of non-ortho nitro benzene ring substituents is 1. The lowest BCUT2D eigenvalue weighted by molar-refractivity contribution is -0.410.